The first-order chi connectivity index (χ1) is 37.5. The Morgan fingerprint density at radius 2 is 0.974 bits per heavy atom. The van der Waals surface area contributed by atoms with Crippen LogP contribution in [0.5, 0.6) is 0 Å². The summed E-state index contributed by atoms with van der Waals surface area (Å²) in [7, 11) is 2.47. The molecule has 402 valence electrons. The molecule has 2 saturated heterocycles. The number of nitrogens with one attached hydrogen (secondary N) is 4. The van der Waals surface area contributed by atoms with Crippen molar-refractivity contribution in [1.29, 1.82) is 0 Å². The maximum Gasteiger partial charge on any atom is 0.407 e. The van der Waals surface area contributed by atoms with Gasteiger partial charge in [-0.3, -0.25) is 9.59 Å². The summed E-state index contributed by atoms with van der Waals surface area (Å²) in [6.45, 7) is 10.4. The predicted molar refractivity (Wildman–Crippen MR) is 292 cm³/mol. The standard InChI is InChI=1S/C62H64F2N8O6/c1-61(2)27-25-43-50(40-14-8-12-38(32-40)46-34-66-56(68-46)48-16-10-30-72(48)58(74)54(70-60(76)78-6)36-19-23-42(64)24-20-36)52-44(26-28-62(52,3)4)49(51(43)61)39-13-7-11-37(31-39)45-33-65-55(67-45)47-15-9-29-71(47)57(73)53(69-59(75)77-5)35-17-21-41(63)22-18-35/h7-8,11-14,17-24,31-34,47-48,53-54H,9-10,15-16,25-30H2,1-6H3,(H,65,67)(H,66,68)(H,69,75)(H,70,76)/t47-,48-,53+,54+/m0/s1. The molecule has 2 fully saturated rings. The number of halogens is 2. The molecule has 2 aliphatic heterocycles. The van der Waals surface area contributed by atoms with Crippen molar-refractivity contribution >= 4 is 24.0 Å². The topological polar surface area (TPSA) is 175 Å². The predicted octanol–water partition coefficient (Wildman–Crippen LogP) is 12.0. The van der Waals surface area contributed by atoms with Gasteiger partial charge in [-0.05, 0) is 154 Å². The summed E-state index contributed by atoms with van der Waals surface area (Å²) < 4.78 is 37.6. The van der Waals surface area contributed by atoms with Gasteiger partial charge in [-0.2, -0.15) is 0 Å². The van der Waals surface area contributed by atoms with Gasteiger partial charge in [0.2, 0.25) is 0 Å². The molecule has 11 rings (SSSR count). The lowest BCUT2D eigenvalue weighted by Crippen LogP contribution is -2.42. The number of methoxy groups -OCH3 is 2. The molecule has 4 atom stereocenters. The number of aromatic nitrogens is 4. The quantitative estimate of drug-likeness (QED) is 0.0935. The molecule has 7 aromatic rings. The van der Waals surface area contributed by atoms with E-state index in [1.807, 2.05) is 12.4 Å². The van der Waals surface area contributed by atoms with Crippen LogP contribution < -0.4 is 10.6 Å². The average molecular weight is 1060 g/mol. The van der Waals surface area contributed by atoms with Crippen molar-refractivity contribution in [2.45, 2.75) is 114 Å². The van der Waals surface area contributed by atoms with Crippen molar-refractivity contribution in [1.82, 2.24) is 40.4 Å². The molecule has 0 saturated carbocycles. The minimum atomic E-state index is -1.08. The van der Waals surface area contributed by atoms with Crippen LogP contribution in [0.1, 0.15) is 135 Å². The fourth-order valence-electron chi connectivity index (χ4n) is 12.8. The molecule has 4 N–H and O–H groups in total. The maximum absolute atomic E-state index is 14.3. The van der Waals surface area contributed by atoms with E-state index in [0.717, 1.165) is 72.2 Å². The Labute approximate surface area is 452 Å². The van der Waals surface area contributed by atoms with Crippen LogP contribution in [0.25, 0.3) is 44.8 Å². The summed E-state index contributed by atoms with van der Waals surface area (Å²) in [6, 6.07) is 25.6. The number of hydrogen-bond donors (Lipinski definition) is 4. The molecule has 0 spiro atoms. The fourth-order valence-corrected chi connectivity index (χ4v) is 12.8. The van der Waals surface area contributed by atoms with E-state index in [-0.39, 0.29) is 34.7 Å². The lowest BCUT2D eigenvalue weighted by molar-refractivity contribution is -0.135. The van der Waals surface area contributed by atoms with Gasteiger partial charge >= 0.3 is 12.2 Å². The van der Waals surface area contributed by atoms with Gasteiger partial charge in [-0.15, -0.1) is 0 Å². The van der Waals surface area contributed by atoms with Crippen LogP contribution in [0.2, 0.25) is 0 Å². The van der Waals surface area contributed by atoms with Crippen molar-refractivity contribution < 1.29 is 37.4 Å². The number of likely N-dealkylation sites (tertiary alicyclic amines) is 2. The van der Waals surface area contributed by atoms with Crippen molar-refractivity contribution in [3.8, 4) is 44.8 Å². The number of rotatable bonds is 12. The third kappa shape index (κ3) is 9.59. The highest BCUT2D eigenvalue weighted by Crippen LogP contribution is 2.57. The van der Waals surface area contributed by atoms with Gasteiger partial charge in [-0.1, -0.05) is 88.4 Å². The van der Waals surface area contributed by atoms with Crippen LogP contribution in [-0.2, 0) is 42.7 Å². The third-order valence-corrected chi connectivity index (χ3v) is 16.7. The van der Waals surface area contributed by atoms with Gasteiger partial charge in [0.05, 0.1) is 50.1 Å². The molecule has 0 unspecified atom stereocenters. The lowest BCUT2D eigenvalue weighted by Gasteiger charge is -2.31. The van der Waals surface area contributed by atoms with Gasteiger partial charge in [-0.25, -0.2) is 28.3 Å². The first-order valence-electron chi connectivity index (χ1n) is 26.9. The number of imidazole rings is 2. The van der Waals surface area contributed by atoms with Crippen LogP contribution in [0, 0.1) is 11.6 Å². The summed E-state index contributed by atoms with van der Waals surface area (Å²) >= 11 is 0. The summed E-state index contributed by atoms with van der Waals surface area (Å²) in [5.41, 5.74) is 14.7. The Morgan fingerprint density at radius 3 is 1.36 bits per heavy atom. The van der Waals surface area contributed by atoms with Crippen LogP contribution in [-0.4, -0.2) is 81.0 Å². The first kappa shape index (κ1) is 51.9. The largest absolute Gasteiger partial charge is 0.453 e. The summed E-state index contributed by atoms with van der Waals surface area (Å²) in [4.78, 5) is 73.8. The fraction of sp³-hybridized carbons (Fsp3) is 0.355. The molecule has 0 radical (unpaired) electrons. The summed E-state index contributed by atoms with van der Waals surface area (Å²) in [6.07, 6.45) is 8.84. The van der Waals surface area contributed by atoms with Gasteiger partial charge < -0.3 is 39.9 Å². The molecule has 14 nitrogen and oxygen atoms in total. The maximum atomic E-state index is 14.3. The van der Waals surface area contributed by atoms with Crippen molar-refractivity contribution in [2.24, 2.45) is 0 Å². The zero-order valence-corrected chi connectivity index (χ0v) is 44.8. The number of ether oxygens (including phenoxy) is 2. The monoisotopic (exact) mass is 1050 g/mol. The second-order valence-corrected chi connectivity index (χ2v) is 22.4. The van der Waals surface area contributed by atoms with E-state index in [4.69, 9.17) is 19.4 Å². The number of fused-ring (bicyclic) bond motifs is 2. The zero-order valence-electron chi connectivity index (χ0n) is 44.8. The number of H-pyrrole nitrogens is 2. The smallest absolute Gasteiger partial charge is 0.407 e. The third-order valence-electron chi connectivity index (χ3n) is 16.7. The molecule has 0 bridgehead atoms. The van der Waals surface area contributed by atoms with Crippen LogP contribution in [0.15, 0.2) is 109 Å². The van der Waals surface area contributed by atoms with E-state index < -0.39 is 35.9 Å². The van der Waals surface area contributed by atoms with Gasteiger partial charge in [0, 0.05) is 24.2 Å². The Morgan fingerprint density at radius 1 is 0.590 bits per heavy atom. The number of amides is 4. The minimum Gasteiger partial charge on any atom is -0.453 e. The summed E-state index contributed by atoms with van der Waals surface area (Å²) in [5.74, 6) is -0.257. The molecule has 2 aliphatic carbocycles. The highest BCUT2D eigenvalue weighted by atomic mass is 19.1. The molecule has 16 heteroatoms. The number of nitrogens with zero attached hydrogens (tertiary/aromatic N) is 4. The highest BCUT2D eigenvalue weighted by molar-refractivity contribution is 5.91. The van der Waals surface area contributed by atoms with E-state index in [1.54, 1.807) is 9.80 Å². The highest BCUT2D eigenvalue weighted by Gasteiger charge is 2.44. The van der Waals surface area contributed by atoms with Crippen molar-refractivity contribution in [3.63, 3.8) is 0 Å². The number of aromatic amines is 2. The lowest BCUT2D eigenvalue weighted by atomic mass is 9.73. The number of carbonyl (C=O) groups excluding carboxylic acids is 4. The van der Waals surface area contributed by atoms with Gasteiger partial charge in [0.25, 0.3) is 11.8 Å². The SMILES string of the molecule is COC(=O)N[C@@H](C(=O)N1CCC[C@H]1c1ncc(-c2cccc(-c3c4c(c(-c5cccc(-c6cnc([C@@H]7CCCN7C(=O)[C@H](NC(=O)OC)c7ccc(F)cc7)[nH]6)c5)c5c3C(C)(C)CC5)C(C)(C)CC4)c2)[nH]1)c1ccc(F)cc1. The second-order valence-electron chi connectivity index (χ2n) is 22.4. The van der Waals surface area contributed by atoms with Crippen molar-refractivity contribution in [2.75, 3.05) is 27.3 Å². The minimum absolute atomic E-state index is 0.117. The molecule has 4 heterocycles. The Balaban J connectivity index is 0.905. The first-order valence-corrected chi connectivity index (χ1v) is 26.9. The summed E-state index contributed by atoms with van der Waals surface area (Å²) in [5, 5.41) is 5.32. The molecule has 4 amide bonds. The van der Waals surface area contributed by atoms with Crippen LogP contribution in [0.3, 0.4) is 0 Å². The number of hydrogen-bond acceptors (Lipinski definition) is 8. The molecule has 5 aromatic carbocycles. The van der Waals surface area contributed by atoms with E-state index in [9.17, 15) is 28.0 Å². The van der Waals surface area contributed by atoms with E-state index in [0.29, 0.717) is 48.7 Å². The van der Waals surface area contributed by atoms with E-state index in [2.05, 4.69) is 96.8 Å². The molecular formula is C62H64F2N8O6. The number of benzene rings is 5. The number of carbonyl (C=O) groups is 4. The molecule has 78 heavy (non-hydrogen) atoms. The molecule has 2 aromatic heterocycles. The van der Waals surface area contributed by atoms with Gasteiger partial charge in [0.1, 0.15) is 35.4 Å². The van der Waals surface area contributed by atoms with Crippen LogP contribution in [0.4, 0.5) is 18.4 Å². The Bertz CT molecular complexity index is 3230. The Hall–Kier alpha value is -8.14. The molecule has 4 aliphatic rings. The zero-order chi connectivity index (χ0) is 54.6. The average Bonchev–Trinajstić information content (AvgIpc) is 4.34. The van der Waals surface area contributed by atoms with E-state index in [1.165, 1.54) is 96.1 Å². The van der Waals surface area contributed by atoms with Crippen LogP contribution >= 0.6 is 0 Å². The van der Waals surface area contributed by atoms with E-state index >= 15 is 0 Å². The normalized spacial score (nSPS) is 18.8. The Kier molecular flexibility index (Phi) is 13.8. The van der Waals surface area contributed by atoms with Gasteiger partial charge in [0.15, 0.2) is 0 Å². The second kappa shape index (κ2) is 20.7. The van der Waals surface area contributed by atoms with Crippen molar-refractivity contribution in [3.05, 3.63) is 166 Å². The molecular weight excluding hydrogens is 991 g/mol. The number of alkyl carbamates (subject to hydrolysis) is 2.